The average Bonchev–Trinajstić information content (AvgIpc) is 3.89. The number of hydrogen-bond acceptors (Lipinski definition) is 10. The largest absolute Gasteiger partial charge is 0.389 e. The molecule has 0 bridgehead atoms. The summed E-state index contributed by atoms with van der Waals surface area (Å²) >= 11 is 2.95. The quantitative estimate of drug-likeness (QED) is 0.272. The van der Waals surface area contributed by atoms with Gasteiger partial charge in [-0.2, -0.15) is 4.37 Å². The molecule has 0 aromatic carbocycles. The fourth-order valence-corrected chi connectivity index (χ4v) is 5.19. The lowest BCUT2D eigenvalue weighted by Gasteiger charge is -2.22. The SMILES string of the molecule is C1CC2CCCN2C1.C1COCCN1.CC(C)C.CC(C)C.CC(C)C.CC(C)C.CC(C)C.CC1C(C)C(C)(O)CN1C.c1cscn1.c1ncsn1. The molecule has 0 radical (unpaired) electrons. The number of morpholine rings is 1. The van der Waals surface area contributed by atoms with Crippen molar-refractivity contribution in [2.75, 3.05) is 53.0 Å². The fourth-order valence-electron chi connectivity index (χ4n) is 4.57. The van der Waals surface area contributed by atoms with Crippen molar-refractivity contribution in [1.82, 2.24) is 29.5 Å². The number of hydrogen-bond donors (Lipinski definition) is 2. The van der Waals surface area contributed by atoms with Crippen molar-refractivity contribution in [3.8, 4) is 0 Å². The van der Waals surface area contributed by atoms with Crippen LogP contribution >= 0.6 is 22.9 Å². The number of rotatable bonds is 0. The Labute approximate surface area is 346 Å². The van der Waals surface area contributed by atoms with Gasteiger partial charge in [0.2, 0.25) is 0 Å². The molecule has 0 aliphatic carbocycles. The van der Waals surface area contributed by atoms with E-state index in [-0.39, 0.29) is 0 Å². The Morgan fingerprint density at radius 1 is 0.741 bits per heavy atom. The fraction of sp³-hybridized carbons (Fsp3) is 0.886. The predicted molar refractivity (Wildman–Crippen MR) is 244 cm³/mol. The van der Waals surface area contributed by atoms with Crippen LogP contribution in [0, 0.1) is 35.5 Å². The predicted octanol–water partition coefficient (Wildman–Crippen LogP) is 11.6. The summed E-state index contributed by atoms with van der Waals surface area (Å²) in [6.45, 7) is 46.1. The van der Waals surface area contributed by atoms with E-state index in [0.29, 0.717) is 12.0 Å². The number of thiazole rings is 1. The smallest absolute Gasteiger partial charge is 0.129 e. The van der Waals surface area contributed by atoms with Gasteiger partial charge in [-0.1, -0.05) is 111 Å². The van der Waals surface area contributed by atoms with E-state index in [1.54, 1.807) is 28.6 Å². The highest BCUT2D eigenvalue weighted by Gasteiger charge is 2.41. The van der Waals surface area contributed by atoms with Crippen LogP contribution in [0.4, 0.5) is 0 Å². The van der Waals surface area contributed by atoms with Gasteiger partial charge >= 0.3 is 0 Å². The molecule has 2 aromatic rings. The van der Waals surface area contributed by atoms with E-state index >= 15 is 0 Å². The van der Waals surface area contributed by atoms with Crippen LogP contribution in [0.1, 0.15) is 150 Å². The van der Waals surface area contributed by atoms with Gasteiger partial charge in [0.05, 0.1) is 24.3 Å². The highest BCUT2D eigenvalue weighted by Crippen LogP contribution is 2.31. The summed E-state index contributed by atoms with van der Waals surface area (Å²) in [6, 6.07) is 1.52. The van der Waals surface area contributed by atoms with E-state index in [1.165, 1.54) is 56.6 Å². The summed E-state index contributed by atoms with van der Waals surface area (Å²) in [6.07, 6.45) is 9.19. The normalized spacial score (nSPS) is 21.4. The van der Waals surface area contributed by atoms with Crippen LogP contribution in [0.5, 0.6) is 0 Å². The van der Waals surface area contributed by atoms with Gasteiger partial charge in [-0.05, 0) is 101 Å². The second-order valence-electron chi connectivity index (χ2n) is 18.1. The summed E-state index contributed by atoms with van der Waals surface area (Å²) in [5, 5.41) is 14.9. The van der Waals surface area contributed by atoms with Crippen LogP contribution in [0.3, 0.4) is 0 Å². The summed E-state index contributed by atoms with van der Waals surface area (Å²) in [4.78, 5) is 12.2. The van der Waals surface area contributed by atoms with Gasteiger partial charge in [0.25, 0.3) is 0 Å². The highest BCUT2D eigenvalue weighted by molar-refractivity contribution is 7.07. The molecule has 4 aliphatic rings. The molecular weight excluding hydrogens is 709 g/mol. The summed E-state index contributed by atoms with van der Waals surface area (Å²) in [7, 11) is 2.06. The van der Waals surface area contributed by atoms with E-state index in [2.05, 4.69) is 154 Å². The highest BCUT2D eigenvalue weighted by atomic mass is 32.1. The zero-order chi connectivity index (χ0) is 42.5. The molecule has 8 nitrogen and oxygen atoms in total. The lowest BCUT2D eigenvalue weighted by atomic mass is 9.91. The van der Waals surface area contributed by atoms with Crippen LogP contribution in [-0.2, 0) is 4.74 Å². The van der Waals surface area contributed by atoms with Crippen molar-refractivity contribution >= 4 is 22.9 Å². The molecule has 4 aliphatic heterocycles. The summed E-state index contributed by atoms with van der Waals surface area (Å²) in [5.74, 6) is 4.55. The molecule has 6 heterocycles. The number of likely N-dealkylation sites (tertiary alicyclic amines) is 1. The second kappa shape index (κ2) is 40.2. The first kappa shape index (κ1) is 59.7. The number of ether oxygens (including phenoxy) is 1. The lowest BCUT2D eigenvalue weighted by Crippen LogP contribution is -2.32. The molecule has 54 heavy (non-hydrogen) atoms. The maximum atomic E-state index is 9.76. The maximum Gasteiger partial charge on any atom is 0.129 e. The molecule has 2 aromatic heterocycles. The molecule has 0 saturated carbocycles. The number of fused-ring (bicyclic) bond motifs is 1. The summed E-state index contributed by atoms with van der Waals surface area (Å²) in [5.41, 5.74) is 2.99. The van der Waals surface area contributed by atoms with Gasteiger partial charge in [-0.25, -0.2) is 4.98 Å². The standard InChI is InChI=1S/C8H17NO.C7H13N.C4H9NO.5C4H10.C3H3NS.C2H2N2S/c1-6-7(2)9(4)5-8(6,3)10;1-3-7-4-2-6-8(7)5-1;1-3-6-4-2-5-1;5*1-4(2)3;1-2-5-3-4-1;1-3-2-5-4-1/h6-7,10H,5H2,1-4H3;7H,1-6H2;5H,1-4H2;5*4H,1-3H3;1-3H;1-2H. The Kier molecular flexibility index (Phi) is 44.4. The first-order valence-corrected chi connectivity index (χ1v) is 22.8. The number of β-amino-alcohol motifs (C(OH)–C–C–N with tert-alkyl or cyclic N) is 1. The minimum Gasteiger partial charge on any atom is -0.389 e. The molecule has 2 N–H and O–H groups in total. The molecular formula is C44H94N6O2S2. The Morgan fingerprint density at radius 3 is 1.33 bits per heavy atom. The van der Waals surface area contributed by atoms with Gasteiger partial charge < -0.3 is 25.0 Å². The van der Waals surface area contributed by atoms with Crippen LogP contribution in [0.2, 0.25) is 0 Å². The van der Waals surface area contributed by atoms with E-state index in [9.17, 15) is 5.11 Å². The zero-order valence-corrected chi connectivity index (χ0v) is 40.8. The third kappa shape index (κ3) is 51.0. The minimum atomic E-state index is -0.478. The van der Waals surface area contributed by atoms with Crippen molar-refractivity contribution in [2.45, 2.75) is 168 Å². The topological polar surface area (TPSA) is 86.6 Å². The minimum absolute atomic E-state index is 0.387. The molecule has 10 heteroatoms. The van der Waals surface area contributed by atoms with Gasteiger partial charge in [-0.3, -0.25) is 4.98 Å². The van der Waals surface area contributed by atoms with Crippen molar-refractivity contribution in [3.05, 3.63) is 28.9 Å². The molecule has 0 amide bonds. The monoisotopic (exact) mass is 803 g/mol. The Morgan fingerprint density at radius 2 is 1.19 bits per heavy atom. The molecule has 3 unspecified atom stereocenters. The van der Waals surface area contributed by atoms with E-state index < -0.39 is 5.60 Å². The van der Waals surface area contributed by atoms with E-state index in [1.807, 2.05) is 12.3 Å². The Balaban J connectivity index is -0.000000263. The third-order valence-corrected chi connectivity index (χ3v) is 7.88. The van der Waals surface area contributed by atoms with Crippen molar-refractivity contribution in [3.63, 3.8) is 0 Å². The van der Waals surface area contributed by atoms with Crippen molar-refractivity contribution in [1.29, 1.82) is 0 Å². The van der Waals surface area contributed by atoms with Crippen molar-refractivity contribution in [2.24, 2.45) is 35.5 Å². The maximum absolute atomic E-state index is 9.76. The lowest BCUT2D eigenvalue weighted by molar-refractivity contribution is 0.0355. The second-order valence-corrected chi connectivity index (χ2v) is 19.4. The van der Waals surface area contributed by atoms with Crippen molar-refractivity contribution < 1.29 is 9.84 Å². The molecule has 0 spiro atoms. The van der Waals surface area contributed by atoms with Crippen LogP contribution in [-0.4, -0.2) is 99.9 Å². The Hall–Kier alpha value is -1.01. The average molecular weight is 803 g/mol. The zero-order valence-electron chi connectivity index (χ0n) is 39.2. The van der Waals surface area contributed by atoms with Gasteiger partial charge in [0.15, 0.2) is 0 Å². The molecule has 3 atom stereocenters. The van der Waals surface area contributed by atoms with Crippen LogP contribution < -0.4 is 5.32 Å². The van der Waals surface area contributed by atoms with Gasteiger partial charge in [0.1, 0.15) is 11.8 Å². The number of likely N-dealkylation sites (N-methyl/N-ethyl adjacent to an activating group) is 1. The van der Waals surface area contributed by atoms with E-state index in [0.717, 1.165) is 68.5 Å². The number of aliphatic hydroxyl groups is 1. The molecule has 324 valence electrons. The van der Waals surface area contributed by atoms with Crippen LogP contribution in [0.25, 0.3) is 0 Å². The first-order chi connectivity index (χ1) is 25.1. The summed E-state index contributed by atoms with van der Waals surface area (Å²) < 4.78 is 8.66. The number of aromatic nitrogens is 3. The molecule has 4 fully saturated rings. The first-order valence-electron chi connectivity index (χ1n) is 21.0. The van der Waals surface area contributed by atoms with Gasteiger partial charge in [-0.15, -0.1) is 11.3 Å². The number of nitrogens with zero attached hydrogens (tertiary/aromatic N) is 5. The van der Waals surface area contributed by atoms with Gasteiger partial charge in [0, 0.05) is 49.2 Å². The molecule has 6 rings (SSSR count). The third-order valence-electron chi connectivity index (χ3n) is 6.93. The molecule has 4 saturated heterocycles. The number of nitrogens with one attached hydrogen (secondary N) is 1. The van der Waals surface area contributed by atoms with Crippen LogP contribution in [0.15, 0.2) is 28.9 Å². The van der Waals surface area contributed by atoms with E-state index in [4.69, 9.17) is 4.74 Å². The Bertz CT molecular complexity index is 783.